The molecule has 1 radical (unpaired) electrons. The average Bonchev–Trinajstić information content (AvgIpc) is 2.47. The molecule has 1 fully saturated rings. The van der Waals surface area contributed by atoms with Crippen LogP contribution in [0.1, 0.15) is 5.56 Å². The summed E-state index contributed by atoms with van der Waals surface area (Å²) in [5.41, 5.74) is 1.20. The third-order valence-electron chi connectivity index (χ3n) is 2.75. The van der Waals surface area contributed by atoms with Gasteiger partial charge in [-0.15, -0.1) is 0 Å². The van der Waals surface area contributed by atoms with E-state index in [9.17, 15) is 4.79 Å². The van der Waals surface area contributed by atoms with Crippen molar-refractivity contribution in [2.75, 3.05) is 7.05 Å². The fourth-order valence-electron chi connectivity index (χ4n) is 1.80. The number of carbonyl (C=O) groups is 1. The van der Waals surface area contributed by atoms with E-state index < -0.39 is 0 Å². The minimum absolute atomic E-state index is 0. The number of rotatable bonds is 2. The number of nitrogens with zero attached hydrogens (tertiary/aromatic N) is 1. The van der Waals surface area contributed by atoms with E-state index in [1.165, 1.54) is 5.56 Å². The van der Waals surface area contributed by atoms with Crippen LogP contribution >= 0.6 is 0 Å². The summed E-state index contributed by atoms with van der Waals surface area (Å²) in [6, 6.07) is 10.1. The Balaban J connectivity index is 0.00000128. The van der Waals surface area contributed by atoms with Crippen LogP contribution in [0.4, 0.5) is 4.79 Å². The summed E-state index contributed by atoms with van der Waals surface area (Å²) in [6.45, 7) is 3.83. The maximum atomic E-state index is 11.2. The molecule has 16 heavy (non-hydrogen) atoms. The standard InChI is InChI=1S/C12H14NO2.Y/c1-9-11(13(2)12(14)15-9)8-10-6-4-3-5-7-10;/h3-7,9,11H,1,8H2,2H3;/q-1;. The van der Waals surface area contributed by atoms with Gasteiger partial charge in [0.25, 0.3) is 0 Å². The summed E-state index contributed by atoms with van der Waals surface area (Å²) >= 11 is 0. The molecule has 1 aliphatic rings. The van der Waals surface area contributed by atoms with Gasteiger partial charge in [-0.1, -0.05) is 30.3 Å². The molecule has 2 atom stereocenters. The zero-order chi connectivity index (χ0) is 10.8. The topological polar surface area (TPSA) is 29.5 Å². The molecule has 2 unspecified atom stereocenters. The fraction of sp³-hybridized carbons (Fsp3) is 0.333. The normalized spacial score (nSPS) is 23.9. The van der Waals surface area contributed by atoms with Crippen LogP contribution in [-0.2, 0) is 43.9 Å². The van der Waals surface area contributed by atoms with Crippen LogP contribution in [0.15, 0.2) is 30.3 Å². The molecule has 0 bridgehead atoms. The Morgan fingerprint density at radius 3 is 2.50 bits per heavy atom. The van der Waals surface area contributed by atoms with Crippen molar-refractivity contribution in [3.8, 4) is 0 Å². The number of hydrogen-bond donors (Lipinski definition) is 0. The largest absolute Gasteiger partial charge is 0.477 e. The van der Waals surface area contributed by atoms with Gasteiger partial charge in [-0.25, -0.2) is 4.79 Å². The van der Waals surface area contributed by atoms with E-state index in [2.05, 4.69) is 6.92 Å². The van der Waals surface area contributed by atoms with E-state index in [0.29, 0.717) is 0 Å². The van der Waals surface area contributed by atoms with Crippen molar-refractivity contribution < 1.29 is 42.2 Å². The van der Waals surface area contributed by atoms with Gasteiger partial charge in [-0.2, -0.15) is 0 Å². The molecule has 0 aliphatic carbocycles. The van der Waals surface area contributed by atoms with Gasteiger partial charge in [-0.05, 0) is 12.0 Å². The number of hydrogen-bond acceptors (Lipinski definition) is 2. The number of likely N-dealkylation sites (N-methyl/N-ethyl adjacent to an activating group) is 1. The van der Waals surface area contributed by atoms with E-state index in [4.69, 9.17) is 4.74 Å². The molecule has 83 valence electrons. The van der Waals surface area contributed by atoms with Crippen LogP contribution in [0.5, 0.6) is 0 Å². The first kappa shape index (κ1) is 13.7. The average molecular weight is 293 g/mol. The van der Waals surface area contributed by atoms with Crippen LogP contribution in [0.25, 0.3) is 0 Å². The van der Waals surface area contributed by atoms with Crippen molar-refractivity contribution in [2.24, 2.45) is 0 Å². The molecule has 0 aromatic heterocycles. The zero-order valence-corrected chi connectivity index (χ0v) is 12.1. The molecule has 1 amide bonds. The molecular formula is C12H14NO2Y-. The first-order valence-electron chi connectivity index (χ1n) is 4.99. The molecule has 3 nitrogen and oxygen atoms in total. The van der Waals surface area contributed by atoms with Crippen molar-refractivity contribution >= 4 is 6.09 Å². The maximum absolute atomic E-state index is 11.2. The van der Waals surface area contributed by atoms with E-state index in [0.717, 1.165) is 6.42 Å². The third-order valence-corrected chi connectivity index (χ3v) is 2.75. The Hall–Kier alpha value is -0.406. The Morgan fingerprint density at radius 1 is 1.38 bits per heavy atom. The Morgan fingerprint density at radius 2 is 2.00 bits per heavy atom. The number of cyclic esters (lactones) is 1. The van der Waals surface area contributed by atoms with E-state index in [-0.39, 0.29) is 50.9 Å². The van der Waals surface area contributed by atoms with E-state index in [1.54, 1.807) is 11.9 Å². The van der Waals surface area contributed by atoms with Crippen molar-refractivity contribution in [1.82, 2.24) is 4.90 Å². The van der Waals surface area contributed by atoms with Gasteiger partial charge in [0, 0.05) is 51.9 Å². The van der Waals surface area contributed by atoms with E-state index in [1.807, 2.05) is 30.3 Å². The molecule has 1 heterocycles. The zero-order valence-electron chi connectivity index (χ0n) is 9.30. The summed E-state index contributed by atoms with van der Waals surface area (Å²) in [5.74, 6) is 0. The molecule has 2 rings (SSSR count). The number of ether oxygens (including phenoxy) is 1. The van der Waals surface area contributed by atoms with Crippen LogP contribution in [0.3, 0.4) is 0 Å². The predicted octanol–water partition coefficient (Wildman–Crippen LogP) is 1.88. The molecule has 1 aromatic rings. The van der Waals surface area contributed by atoms with Crippen LogP contribution in [0, 0.1) is 6.92 Å². The maximum Gasteiger partial charge on any atom is 0.407 e. The second-order valence-electron chi connectivity index (χ2n) is 3.79. The summed E-state index contributed by atoms with van der Waals surface area (Å²) in [7, 11) is 1.75. The Labute approximate surface area is 121 Å². The first-order chi connectivity index (χ1) is 7.18. The molecular weight excluding hydrogens is 279 g/mol. The molecule has 0 saturated carbocycles. The minimum atomic E-state index is -0.282. The quantitative estimate of drug-likeness (QED) is 0.779. The van der Waals surface area contributed by atoms with Crippen LogP contribution in [-0.4, -0.2) is 30.2 Å². The molecule has 1 aliphatic heterocycles. The monoisotopic (exact) mass is 293 g/mol. The van der Waals surface area contributed by atoms with Crippen molar-refractivity contribution in [3.05, 3.63) is 42.8 Å². The van der Waals surface area contributed by atoms with Crippen molar-refractivity contribution in [1.29, 1.82) is 0 Å². The summed E-state index contributed by atoms with van der Waals surface area (Å²) in [5, 5.41) is 0. The second kappa shape index (κ2) is 5.78. The number of carbonyl (C=O) groups excluding carboxylic acids is 1. The Kier molecular flexibility index (Phi) is 4.94. The SMILES string of the molecule is [CH2-]C1OC(=O)N(C)C1Cc1ccccc1.[Y]. The summed E-state index contributed by atoms with van der Waals surface area (Å²) < 4.78 is 5.03. The Bertz CT molecular complexity index is 355. The molecule has 0 spiro atoms. The van der Waals surface area contributed by atoms with Gasteiger partial charge in [0.1, 0.15) is 0 Å². The van der Waals surface area contributed by atoms with Gasteiger partial charge < -0.3 is 16.6 Å². The van der Waals surface area contributed by atoms with Gasteiger partial charge in [-0.3, -0.25) is 0 Å². The minimum Gasteiger partial charge on any atom is -0.477 e. The van der Waals surface area contributed by atoms with Gasteiger partial charge in [0.2, 0.25) is 0 Å². The molecule has 1 aromatic carbocycles. The van der Waals surface area contributed by atoms with Gasteiger partial charge >= 0.3 is 6.09 Å². The molecule has 1 saturated heterocycles. The predicted molar refractivity (Wildman–Crippen MR) is 57.3 cm³/mol. The first-order valence-corrected chi connectivity index (χ1v) is 4.99. The molecule has 4 heteroatoms. The van der Waals surface area contributed by atoms with E-state index >= 15 is 0 Å². The van der Waals surface area contributed by atoms with Crippen molar-refractivity contribution in [3.63, 3.8) is 0 Å². The molecule has 0 N–H and O–H groups in total. The summed E-state index contributed by atoms with van der Waals surface area (Å²) in [4.78, 5) is 12.9. The third kappa shape index (κ3) is 2.83. The second-order valence-corrected chi connectivity index (χ2v) is 3.79. The smallest absolute Gasteiger partial charge is 0.407 e. The van der Waals surface area contributed by atoms with Crippen molar-refractivity contribution in [2.45, 2.75) is 18.6 Å². The number of amides is 1. The van der Waals surface area contributed by atoms with Gasteiger partial charge in [0.05, 0.1) is 0 Å². The van der Waals surface area contributed by atoms with Crippen LogP contribution in [0.2, 0.25) is 0 Å². The van der Waals surface area contributed by atoms with Crippen LogP contribution < -0.4 is 0 Å². The van der Waals surface area contributed by atoms with Gasteiger partial charge in [0.15, 0.2) is 0 Å². The number of benzene rings is 1. The fourth-order valence-corrected chi connectivity index (χ4v) is 1.80. The summed E-state index contributed by atoms with van der Waals surface area (Å²) in [6.07, 6.45) is 0.232.